The monoisotopic (exact) mass is 517 g/mol. The summed E-state index contributed by atoms with van der Waals surface area (Å²) in [6.45, 7) is 1.68. The van der Waals surface area contributed by atoms with Crippen molar-refractivity contribution in [1.82, 2.24) is 20.3 Å². The number of hydrogen-bond donors (Lipinski definition) is 3. The lowest BCUT2D eigenvalue weighted by Gasteiger charge is -2.21. The lowest BCUT2D eigenvalue weighted by atomic mass is 9.94. The fraction of sp³-hybridized carbons (Fsp3) is 0.560. The number of nitrogens with zero attached hydrogens (tertiary/aromatic N) is 3. The second-order valence-electron chi connectivity index (χ2n) is 9.37. The van der Waals surface area contributed by atoms with Gasteiger partial charge in [-0.05, 0) is 56.6 Å². The number of aryl methyl sites for hydroxylation is 2. The lowest BCUT2D eigenvalue weighted by molar-refractivity contribution is -0.142. The second kappa shape index (κ2) is 12.0. The van der Waals surface area contributed by atoms with Gasteiger partial charge in [-0.25, -0.2) is 24.1 Å². The minimum absolute atomic E-state index is 0.139. The Balaban J connectivity index is 1.19. The number of carboxylic acids is 1. The van der Waals surface area contributed by atoms with Gasteiger partial charge in [-0.15, -0.1) is 0 Å². The maximum Gasteiger partial charge on any atom is 0.326 e. The SMILES string of the molecule is O=C(O)C(CCOCCCCc1ccc2c(n1)NCCC2)NC(=O)C1(c2cncnc2C(F)P)CC1. The predicted molar refractivity (Wildman–Crippen MR) is 135 cm³/mol. The maximum absolute atomic E-state index is 14.0. The molecule has 1 aliphatic carbocycles. The third kappa shape index (κ3) is 6.34. The number of carbonyl (C=O) groups is 2. The first-order valence-corrected chi connectivity index (χ1v) is 13.1. The number of anilines is 1. The molecule has 2 aliphatic rings. The van der Waals surface area contributed by atoms with Crippen LogP contribution >= 0.6 is 9.24 Å². The summed E-state index contributed by atoms with van der Waals surface area (Å²) in [5.74, 6) is -2.01. The molecule has 4 rings (SSSR count). The zero-order valence-electron chi connectivity index (χ0n) is 20.2. The number of unbranched alkanes of at least 4 members (excludes halogenated alkanes) is 1. The summed E-state index contributed by atoms with van der Waals surface area (Å²) in [6, 6.07) is 3.14. The van der Waals surface area contributed by atoms with Gasteiger partial charge >= 0.3 is 5.97 Å². The highest BCUT2D eigenvalue weighted by atomic mass is 31.0. The summed E-state index contributed by atoms with van der Waals surface area (Å²) >= 11 is 0. The normalized spacial score (nSPS) is 17.4. The minimum Gasteiger partial charge on any atom is -0.480 e. The summed E-state index contributed by atoms with van der Waals surface area (Å²) in [5.41, 5.74) is 1.90. The number of fused-ring (bicyclic) bond motifs is 1. The van der Waals surface area contributed by atoms with Crippen LogP contribution in [0, 0.1) is 0 Å². The Morgan fingerprint density at radius 2 is 2.11 bits per heavy atom. The van der Waals surface area contributed by atoms with Crippen molar-refractivity contribution >= 4 is 26.9 Å². The van der Waals surface area contributed by atoms with Crippen molar-refractivity contribution in [3.63, 3.8) is 0 Å². The zero-order valence-corrected chi connectivity index (χ0v) is 21.4. The average Bonchev–Trinajstić information content (AvgIpc) is 3.69. The van der Waals surface area contributed by atoms with E-state index in [9.17, 15) is 19.1 Å². The summed E-state index contributed by atoms with van der Waals surface area (Å²) in [7, 11) is 2.03. The second-order valence-corrected chi connectivity index (χ2v) is 9.95. The molecule has 3 N–H and O–H groups in total. The third-order valence-electron chi connectivity index (χ3n) is 6.78. The van der Waals surface area contributed by atoms with Crippen LogP contribution in [0.5, 0.6) is 0 Å². The Hall–Kier alpha value is -2.71. The molecular weight excluding hydrogens is 484 g/mol. The molecule has 1 aliphatic heterocycles. The molecule has 9 nitrogen and oxygen atoms in total. The number of carboxylic acid groups (broad SMARTS) is 1. The molecular formula is C25H33FN5O4P. The highest BCUT2D eigenvalue weighted by Crippen LogP contribution is 2.50. The smallest absolute Gasteiger partial charge is 0.326 e. The van der Waals surface area contributed by atoms with E-state index in [4.69, 9.17) is 9.72 Å². The zero-order chi connectivity index (χ0) is 25.5. The molecule has 0 spiro atoms. The molecule has 0 saturated heterocycles. The molecule has 2 aromatic heterocycles. The quantitative estimate of drug-likeness (QED) is 0.273. The predicted octanol–water partition coefficient (Wildman–Crippen LogP) is 3.10. The molecule has 36 heavy (non-hydrogen) atoms. The van der Waals surface area contributed by atoms with E-state index in [1.165, 1.54) is 18.1 Å². The summed E-state index contributed by atoms with van der Waals surface area (Å²) in [6.07, 6.45) is 8.62. The van der Waals surface area contributed by atoms with Crippen LogP contribution in [0.25, 0.3) is 0 Å². The van der Waals surface area contributed by atoms with Gasteiger partial charge in [-0.1, -0.05) is 15.3 Å². The molecule has 3 unspecified atom stereocenters. The number of hydrogen-bond acceptors (Lipinski definition) is 7. The van der Waals surface area contributed by atoms with Crippen LogP contribution < -0.4 is 10.6 Å². The summed E-state index contributed by atoms with van der Waals surface area (Å²) in [5, 5.41) is 15.6. The van der Waals surface area contributed by atoms with Crippen molar-refractivity contribution in [3.8, 4) is 0 Å². The molecule has 3 atom stereocenters. The third-order valence-corrected chi connectivity index (χ3v) is 7.10. The first kappa shape index (κ1) is 26.4. The van der Waals surface area contributed by atoms with E-state index >= 15 is 0 Å². The van der Waals surface area contributed by atoms with Gasteiger partial charge in [0.15, 0.2) is 5.91 Å². The van der Waals surface area contributed by atoms with Crippen molar-refractivity contribution in [2.24, 2.45) is 0 Å². The molecule has 11 heteroatoms. The standard InChI is InChI=1S/C25H33FN5O4P/c26-21(36)20-18(14-27-15-29-20)25(9-10-25)24(34)31-19(23(32)33)8-13-35-12-2-1-5-17-7-6-16-4-3-11-28-22(16)30-17/h6-7,14-15,19,21H,1-5,8-13,36H2,(H,28,30)(H,31,34)(H,32,33). The maximum atomic E-state index is 14.0. The molecule has 1 saturated carbocycles. The van der Waals surface area contributed by atoms with Crippen molar-refractivity contribution in [2.75, 3.05) is 25.1 Å². The number of aliphatic carboxylic acids is 1. The lowest BCUT2D eigenvalue weighted by Crippen LogP contribution is -2.46. The number of aromatic nitrogens is 3. The molecule has 1 fully saturated rings. The van der Waals surface area contributed by atoms with Crippen molar-refractivity contribution in [3.05, 3.63) is 47.2 Å². The summed E-state index contributed by atoms with van der Waals surface area (Å²) < 4.78 is 19.6. The van der Waals surface area contributed by atoms with Crippen LogP contribution in [0.2, 0.25) is 0 Å². The number of ether oxygens (including phenoxy) is 1. The first-order valence-electron chi connectivity index (χ1n) is 12.4. The van der Waals surface area contributed by atoms with Crippen molar-refractivity contribution < 1.29 is 23.8 Å². The number of halogens is 1. The molecule has 0 radical (unpaired) electrons. The Bertz CT molecular complexity index is 1080. The van der Waals surface area contributed by atoms with Crippen LogP contribution in [-0.2, 0) is 32.6 Å². The molecule has 194 valence electrons. The van der Waals surface area contributed by atoms with Crippen LogP contribution in [0.15, 0.2) is 24.7 Å². The number of amides is 1. The Morgan fingerprint density at radius 3 is 2.86 bits per heavy atom. The van der Waals surface area contributed by atoms with Gasteiger partial charge in [0, 0.05) is 43.6 Å². The largest absolute Gasteiger partial charge is 0.480 e. The fourth-order valence-corrected chi connectivity index (χ4v) is 4.81. The van der Waals surface area contributed by atoms with E-state index in [1.807, 2.05) is 9.24 Å². The highest BCUT2D eigenvalue weighted by Gasteiger charge is 2.54. The molecule has 3 heterocycles. The van der Waals surface area contributed by atoms with E-state index in [2.05, 4.69) is 32.7 Å². The van der Waals surface area contributed by atoms with Crippen LogP contribution in [0.1, 0.15) is 67.0 Å². The van der Waals surface area contributed by atoms with E-state index in [1.54, 1.807) is 0 Å². The van der Waals surface area contributed by atoms with Gasteiger partial charge in [0.1, 0.15) is 18.2 Å². The number of carbonyl (C=O) groups excluding carboxylic acids is 1. The number of nitrogens with one attached hydrogen (secondary N) is 2. The van der Waals surface area contributed by atoms with Crippen molar-refractivity contribution in [2.45, 2.75) is 68.7 Å². The average molecular weight is 518 g/mol. The number of pyridine rings is 1. The fourth-order valence-electron chi connectivity index (χ4n) is 4.55. The topological polar surface area (TPSA) is 126 Å². The molecule has 0 aromatic carbocycles. The molecule has 2 aromatic rings. The minimum atomic E-state index is -1.43. The molecule has 1 amide bonds. The van der Waals surface area contributed by atoms with Gasteiger partial charge in [0.05, 0.1) is 11.1 Å². The van der Waals surface area contributed by atoms with E-state index < -0.39 is 29.2 Å². The van der Waals surface area contributed by atoms with E-state index in [0.29, 0.717) is 25.0 Å². The van der Waals surface area contributed by atoms with E-state index in [-0.39, 0.29) is 18.7 Å². The van der Waals surface area contributed by atoms with Crippen molar-refractivity contribution in [1.29, 1.82) is 0 Å². The Labute approximate surface area is 212 Å². The van der Waals surface area contributed by atoms with Gasteiger partial charge in [0.25, 0.3) is 0 Å². The summed E-state index contributed by atoms with van der Waals surface area (Å²) in [4.78, 5) is 37.4. The Morgan fingerprint density at radius 1 is 1.28 bits per heavy atom. The number of alkyl halides is 1. The van der Waals surface area contributed by atoms with Crippen LogP contribution in [0.4, 0.5) is 10.2 Å². The van der Waals surface area contributed by atoms with Crippen LogP contribution in [0.3, 0.4) is 0 Å². The van der Waals surface area contributed by atoms with Gasteiger partial charge in [-0.2, -0.15) is 0 Å². The van der Waals surface area contributed by atoms with Gasteiger partial charge < -0.3 is 20.5 Å². The molecule has 0 bridgehead atoms. The van der Waals surface area contributed by atoms with Crippen LogP contribution in [-0.4, -0.2) is 57.7 Å². The number of rotatable bonds is 13. The van der Waals surface area contributed by atoms with E-state index in [0.717, 1.165) is 50.2 Å². The first-order chi connectivity index (χ1) is 17.4. The van der Waals surface area contributed by atoms with Gasteiger partial charge in [-0.3, -0.25) is 4.79 Å². The highest BCUT2D eigenvalue weighted by molar-refractivity contribution is 7.16. The van der Waals surface area contributed by atoms with Gasteiger partial charge in [0.2, 0.25) is 5.91 Å². The Kier molecular flexibility index (Phi) is 8.80.